The Kier molecular flexibility index (Phi) is 5.33. The first-order valence-electron chi connectivity index (χ1n) is 10.9. The highest BCUT2D eigenvalue weighted by molar-refractivity contribution is 6.31. The summed E-state index contributed by atoms with van der Waals surface area (Å²) >= 11 is 6.24. The molecule has 2 fully saturated rings. The maximum Gasteiger partial charge on any atom is 0.250 e. The van der Waals surface area contributed by atoms with Gasteiger partial charge in [0.2, 0.25) is 23.6 Å². The summed E-state index contributed by atoms with van der Waals surface area (Å²) in [6, 6.07) is 11.4. The molecule has 0 unspecified atom stereocenters. The van der Waals surface area contributed by atoms with Crippen molar-refractivity contribution in [3.05, 3.63) is 58.6 Å². The molecule has 3 aliphatic heterocycles. The van der Waals surface area contributed by atoms with Crippen molar-refractivity contribution < 1.29 is 23.9 Å². The molecule has 0 aromatic heterocycles. The number of nitrogens with one attached hydrogen (secondary N) is 2. The van der Waals surface area contributed by atoms with E-state index in [4.69, 9.17) is 22.1 Å². The number of benzene rings is 2. The second kappa shape index (κ2) is 8.11. The average molecular weight is 483 g/mol. The Hall–Kier alpha value is -3.43. The maximum absolute atomic E-state index is 13.7. The summed E-state index contributed by atoms with van der Waals surface area (Å²) in [7, 11) is 1.55. The number of anilines is 1. The first-order chi connectivity index (χ1) is 16.3. The van der Waals surface area contributed by atoms with Crippen LogP contribution in [0.1, 0.15) is 24.0 Å². The van der Waals surface area contributed by atoms with Crippen LogP contribution in [0, 0.1) is 11.8 Å². The molecule has 1 spiro atoms. The third kappa shape index (κ3) is 3.26. The molecule has 10 heteroatoms. The largest absolute Gasteiger partial charge is 0.497 e. The zero-order valence-corrected chi connectivity index (χ0v) is 19.1. The summed E-state index contributed by atoms with van der Waals surface area (Å²) in [5, 5.41) is 6.48. The second-order valence-corrected chi connectivity index (χ2v) is 9.26. The van der Waals surface area contributed by atoms with E-state index in [1.165, 1.54) is 4.90 Å². The topological polar surface area (TPSA) is 131 Å². The van der Waals surface area contributed by atoms with Gasteiger partial charge >= 0.3 is 0 Å². The minimum atomic E-state index is -1.46. The fraction of sp³-hybridized carbons (Fsp3) is 0.333. The van der Waals surface area contributed by atoms with Crippen LogP contribution in [0.15, 0.2) is 42.5 Å². The van der Waals surface area contributed by atoms with Crippen LogP contribution in [0.4, 0.5) is 5.69 Å². The third-order valence-electron chi connectivity index (χ3n) is 6.97. The monoisotopic (exact) mass is 482 g/mol. The Balaban J connectivity index is 1.56. The summed E-state index contributed by atoms with van der Waals surface area (Å²) in [5.41, 5.74) is 5.69. The van der Waals surface area contributed by atoms with Gasteiger partial charge in [-0.15, -0.1) is 0 Å². The van der Waals surface area contributed by atoms with E-state index in [0.29, 0.717) is 22.0 Å². The van der Waals surface area contributed by atoms with E-state index in [0.717, 1.165) is 5.56 Å². The number of fused-ring (bicyclic) bond motifs is 4. The first kappa shape index (κ1) is 22.4. The number of primary amides is 1. The minimum Gasteiger partial charge on any atom is -0.497 e. The number of hydrogen-bond acceptors (Lipinski definition) is 6. The van der Waals surface area contributed by atoms with Crippen molar-refractivity contribution in [1.29, 1.82) is 0 Å². The molecule has 2 aromatic carbocycles. The lowest BCUT2D eigenvalue weighted by Crippen LogP contribution is -2.53. The van der Waals surface area contributed by atoms with Gasteiger partial charge in [0.15, 0.2) is 0 Å². The van der Waals surface area contributed by atoms with Gasteiger partial charge in [-0.1, -0.05) is 23.7 Å². The first-order valence-corrected chi connectivity index (χ1v) is 11.3. The van der Waals surface area contributed by atoms with E-state index in [9.17, 15) is 19.2 Å². The highest BCUT2D eigenvalue weighted by Gasteiger charge is 2.70. The number of hydrogen-bond donors (Lipinski definition) is 3. The van der Waals surface area contributed by atoms with Gasteiger partial charge in [0, 0.05) is 28.7 Å². The predicted molar refractivity (Wildman–Crippen MR) is 123 cm³/mol. The van der Waals surface area contributed by atoms with E-state index >= 15 is 0 Å². The highest BCUT2D eigenvalue weighted by atomic mass is 35.5. The normalized spacial score (nSPS) is 27.2. The molecule has 9 nitrogen and oxygen atoms in total. The third-order valence-corrected chi connectivity index (χ3v) is 7.20. The summed E-state index contributed by atoms with van der Waals surface area (Å²) in [6.07, 6.45) is 0.234. The van der Waals surface area contributed by atoms with Crippen molar-refractivity contribution in [3.8, 4) is 5.75 Å². The van der Waals surface area contributed by atoms with Gasteiger partial charge in [-0.3, -0.25) is 29.4 Å². The number of halogens is 1. The molecule has 34 heavy (non-hydrogen) atoms. The molecule has 2 aromatic rings. The zero-order chi connectivity index (χ0) is 24.2. The summed E-state index contributed by atoms with van der Waals surface area (Å²) < 4.78 is 5.17. The predicted octanol–water partition coefficient (Wildman–Crippen LogP) is 1.53. The summed E-state index contributed by atoms with van der Waals surface area (Å²) in [4.78, 5) is 53.4. The second-order valence-electron chi connectivity index (χ2n) is 8.82. The van der Waals surface area contributed by atoms with Gasteiger partial charge < -0.3 is 15.8 Å². The molecular formula is C24H23ClN4O5. The zero-order valence-electron chi connectivity index (χ0n) is 18.3. The van der Waals surface area contributed by atoms with Gasteiger partial charge in [-0.2, -0.15) is 0 Å². The number of imide groups is 1. The smallest absolute Gasteiger partial charge is 0.250 e. The van der Waals surface area contributed by atoms with Crippen LogP contribution >= 0.6 is 11.6 Å². The van der Waals surface area contributed by atoms with E-state index in [2.05, 4.69) is 10.6 Å². The van der Waals surface area contributed by atoms with E-state index in [1.54, 1.807) is 49.6 Å². The number of carbonyl (C=O) groups excluding carboxylic acids is 4. The fourth-order valence-electron chi connectivity index (χ4n) is 5.45. The number of methoxy groups -OCH3 is 1. The van der Waals surface area contributed by atoms with Crippen molar-refractivity contribution in [2.75, 3.05) is 12.4 Å². The molecule has 0 radical (unpaired) electrons. The number of likely N-dealkylation sites (tertiary alicyclic amines) is 1. The lowest BCUT2D eigenvalue weighted by molar-refractivity contribution is -0.143. The van der Waals surface area contributed by atoms with Crippen LogP contribution < -0.4 is 21.1 Å². The average Bonchev–Trinajstić information content (AvgIpc) is 3.39. The van der Waals surface area contributed by atoms with Crippen LogP contribution in [-0.2, 0) is 31.3 Å². The molecule has 3 aliphatic rings. The van der Waals surface area contributed by atoms with Gasteiger partial charge in [0.25, 0.3) is 0 Å². The Morgan fingerprint density at radius 2 is 1.88 bits per heavy atom. The van der Waals surface area contributed by atoms with Gasteiger partial charge in [-0.25, -0.2) is 0 Å². The number of ether oxygens (including phenoxy) is 1. The van der Waals surface area contributed by atoms with Crippen LogP contribution in [0.2, 0.25) is 5.02 Å². The Bertz CT molecular complexity index is 1220. The molecule has 2 saturated heterocycles. The van der Waals surface area contributed by atoms with Crippen LogP contribution in [0.25, 0.3) is 0 Å². The lowest BCUT2D eigenvalue weighted by atomic mass is 9.76. The number of nitrogens with zero attached hydrogens (tertiary/aromatic N) is 1. The SMILES string of the molecule is COc1ccc(CN2C(=O)[C@H]3[C@H](CCC(N)=O)N[C@]4(C(=O)Nc5ccc(Cl)cc54)[C@@H]3C2=O)cc1. The molecule has 176 valence electrons. The summed E-state index contributed by atoms with van der Waals surface area (Å²) in [5.74, 6) is -2.91. The summed E-state index contributed by atoms with van der Waals surface area (Å²) in [6.45, 7) is 0.0668. The quantitative estimate of drug-likeness (QED) is 0.535. The van der Waals surface area contributed by atoms with E-state index in [1.807, 2.05) is 0 Å². The van der Waals surface area contributed by atoms with Crippen LogP contribution in [0.3, 0.4) is 0 Å². The van der Waals surface area contributed by atoms with Crippen molar-refractivity contribution in [2.24, 2.45) is 17.6 Å². The molecule has 3 heterocycles. The van der Waals surface area contributed by atoms with Gasteiger partial charge in [-0.05, 0) is 42.3 Å². The minimum absolute atomic E-state index is 0.0148. The number of nitrogens with two attached hydrogens (primary N) is 1. The van der Waals surface area contributed by atoms with Crippen molar-refractivity contribution >= 4 is 40.9 Å². The lowest BCUT2D eigenvalue weighted by Gasteiger charge is -2.29. The van der Waals surface area contributed by atoms with Crippen LogP contribution in [0.5, 0.6) is 5.75 Å². The van der Waals surface area contributed by atoms with Crippen molar-refractivity contribution in [1.82, 2.24) is 10.2 Å². The highest BCUT2D eigenvalue weighted by Crippen LogP contribution is 2.54. The van der Waals surface area contributed by atoms with E-state index < -0.39 is 41.1 Å². The molecule has 4 atom stereocenters. The molecule has 5 rings (SSSR count). The molecular weight excluding hydrogens is 460 g/mol. The van der Waals surface area contributed by atoms with E-state index in [-0.39, 0.29) is 25.3 Å². The number of rotatable bonds is 6. The van der Waals surface area contributed by atoms with Crippen LogP contribution in [-0.4, -0.2) is 41.7 Å². The Morgan fingerprint density at radius 1 is 1.15 bits per heavy atom. The molecule has 0 bridgehead atoms. The Labute approximate surface area is 200 Å². The molecule has 0 saturated carbocycles. The maximum atomic E-state index is 13.7. The molecule has 4 N–H and O–H groups in total. The van der Waals surface area contributed by atoms with Crippen molar-refractivity contribution in [2.45, 2.75) is 31.0 Å². The van der Waals surface area contributed by atoms with Gasteiger partial charge in [0.1, 0.15) is 11.3 Å². The molecule has 4 amide bonds. The number of carbonyl (C=O) groups is 4. The fourth-order valence-corrected chi connectivity index (χ4v) is 5.62. The number of amides is 4. The van der Waals surface area contributed by atoms with Crippen molar-refractivity contribution in [3.63, 3.8) is 0 Å². The standard InChI is InChI=1S/C24H23ClN4O5/c1-34-14-5-2-12(3-6-14)11-29-21(31)19-17(8-9-18(26)30)28-24(20(19)22(29)32)15-10-13(25)4-7-16(15)27-23(24)33/h2-7,10,17,19-20,28H,8-9,11H2,1H3,(H2,26,30)(H,27,33)/t17-,19-,20-,24-/m0/s1. The Morgan fingerprint density at radius 3 is 2.56 bits per heavy atom. The van der Waals surface area contributed by atoms with Gasteiger partial charge in [0.05, 0.1) is 25.5 Å². The molecule has 0 aliphatic carbocycles.